The Labute approximate surface area is 161 Å². The second-order valence-electron chi connectivity index (χ2n) is 5.98. The molecule has 1 N–H and O–H groups in total. The van der Waals surface area contributed by atoms with Crippen LogP contribution in [0.25, 0.3) is 11.3 Å². The van der Waals surface area contributed by atoms with Crippen molar-refractivity contribution < 1.29 is 18.8 Å². The molecule has 0 aliphatic rings. The molecular weight excluding hydrogens is 358 g/mol. The van der Waals surface area contributed by atoms with Gasteiger partial charge in [0.1, 0.15) is 17.0 Å². The van der Waals surface area contributed by atoms with Crippen LogP contribution < -0.4 is 5.32 Å². The average molecular weight is 375 g/mol. The lowest BCUT2D eigenvalue weighted by Crippen LogP contribution is -2.21. The van der Waals surface area contributed by atoms with E-state index in [1.165, 1.54) is 0 Å². The van der Waals surface area contributed by atoms with E-state index in [-0.39, 0.29) is 5.56 Å². The van der Waals surface area contributed by atoms with Crippen LogP contribution in [0.1, 0.15) is 21.7 Å². The fraction of sp³-hybridized carbons (Fsp3) is 0.143. The number of nitrogens with one attached hydrogen (secondary N) is 1. The number of rotatable bonds is 6. The number of aromatic nitrogens is 1. The number of ether oxygens (including phenoxy) is 1. The van der Waals surface area contributed by atoms with E-state index >= 15 is 0 Å². The number of amides is 1. The minimum Gasteiger partial charge on any atom is -0.452 e. The highest BCUT2D eigenvalue weighted by Gasteiger charge is 2.23. The van der Waals surface area contributed by atoms with Gasteiger partial charge in [0, 0.05) is 11.3 Å². The number of carbonyl (C=O) groups is 2. The summed E-state index contributed by atoms with van der Waals surface area (Å²) >= 11 is 0. The normalized spacial score (nSPS) is 10.1. The molecule has 140 valence electrons. The van der Waals surface area contributed by atoms with Crippen LogP contribution >= 0.6 is 0 Å². The molecule has 0 aliphatic heterocycles. The van der Waals surface area contributed by atoms with Crippen LogP contribution in [-0.2, 0) is 16.0 Å². The summed E-state index contributed by atoms with van der Waals surface area (Å²) in [4.78, 5) is 24.5. The van der Waals surface area contributed by atoms with Crippen LogP contribution in [0.5, 0.6) is 0 Å². The Balaban J connectivity index is 1.62. The molecule has 0 fully saturated rings. The van der Waals surface area contributed by atoms with Crippen molar-refractivity contribution in [2.75, 3.05) is 11.9 Å². The van der Waals surface area contributed by atoms with Gasteiger partial charge in [-0.15, -0.1) is 0 Å². The first-order valence-corrected chi connectivity index (χ1v) is 8.53. The molecule has 0 unspecified atom stereocenters. The van der Waals surface area contributed by atoms with Crippen LogP contribution in [0.15, 0.2) is 59.1 Å². The first kappa shape index (κ1) is 18.9. The average Bonchev–Trinajstić information content (AvgIpc) is 3.10. The fourth-order valence-corrected chi connectivity index (χ4v) is 2.60. The number of esters is 1. The first-order valence-electron chi connectivity index (χ1n) is 8.53. The molecule has 1 aromatic heterocycles. The number of nitrogens with zero attached hydrogens (tertiary/aromatic N) is 2. The zero-order valence-corrected chi connectivity index (χ0v) is 15.1. The Morgan fingerprint density at radius 1 is 1.14 bits per heavy atom. The van der Waals surface area contributed by atoms with Crippen LogP contribution in [0.4, 0.5) is 5.69 Å². The van der Waals surface area contributed by atoms with Crippen molar-refractivity contribution >= 4 is 17.6 Å². The lowest BCUT2D eigenvalue weighted by atomic mass is 10.1. The quantitative estimate of drug-likeness (QED) is 0.661. The Morgan fingerprint density at radius 3 is 2.54 bits per heavy atom. The summed E-state index contributed by atoms with van der Waals surface area (Å²) in [6.45, 7) is 1.16. The number of nitriles is 1. The van der Waals surface area contributed by atoms with Gasteiger partial charge < -0.3 is 14.6 Å². The van der Waals surface area contributed by atoms with Gasteiger partial charge in [0.2, 0.25) is 0 Å². The number of hydrogen-bond acceptors (Lipinski definition) is 6. The molecule has 0 spiro atoms. The fourth-order valence-electron chi connectivity index (χ4n) is 2.60. The molecule has 0 saturated heterocycles. The molecule has 3 aromatic rings. The van der Waals surface area contributed by atoms with Crippen molar-refractivity contribution in [2.24, 2.45) is 0 Å². The zero-order chi connectivity index (χ0) is 19.9. The van der Waals surface area contributed by atoms with Gasteiger partial charge in [0.15, 0.2) is 6.61 Å². The number of carbonyl (C=O) groups excluding carboxylic acids is 2. The standard InChI is InChI=1S/C21H17N3O4/c1-14-19(20(24-28-14)16-5-3-2-4-6-16)21(26)27-13-18(25)23-17-9-7-15(8-10-17)11-12-22/h2-10H,11,13H2,1H3,(H,23,25). The molecule has 1 heterocycles. The summed E-state index contributed by atoms with van der Waals surface area (Å²) in [5, 5.41) is 15.2. The largest absolute Gasteiger partial charge is 0.452 e. The van der Waals surface area contributed by atoms with Crippen molar-refractivity contribution in [1.82, 2.24) is 5.16 Å². The molecule has 7 nitrogen and oxygen atoms in total. The minimum atomic E-state index is -0.683. The van der Waals surface area contributed by atoms with E-state index in [1.807, 2.05) is 18.2 Å². The monoisotopic (exact) mass is 375 g/mol. The number of anilines is 1. The third-order valence-electron chi connectivity index (χ3n) is 3.97. The SMILES string of the molecule is Cc1onc(-c2ccccc2)c1C(=O)OCC(=O)Nc1ccc(CC#N)cc1. The highest BCUT2D eigenvalue weighted by atomic mass is 16.5. The predicted octanol–water partition coefficient (Wildman–Crippen LogP) is 3.51. The van der Waals surface area contributed by atoms with Crippen LogP contribution in [0, 0.1) is 18.3 Å². The van der Waals surface area contributed by atoms with E-state index in [9.17, 15) is 9.59 Å². The van der Waals surface area contributed by atoms with Gasteiger partial charge in [0.05, 0.1) is 12.5 Å². The summed E-state index contributed by atoms with van der Waals surface area (Å²) < 4.78 is 10.3. The molecule has 7 heteroatoms. The van der Waals surface area contributed by atoms with E-state index in [0.717, 1.165) is 5.56 Å². The van der Waals surface area contributed by atoms with E-state index in [2.05, 4.69) is 16.5 Å². The zero-order valence-electron chi connectivity index (χ0n) is 15.1. The number of aryl methyl sites for hydroxylation is 1. The molecule has 0 saturated carbocycles. The Morgan fingerprint density at radius 2 is 1.86 bits per heavy atom. The highest BCUT2D eigenvalue weighted by Crippen LogP contribution is 2.25. The van der Waals surface area contributed by atoms with Gasteiger partial charge >= 0.3 is 5.97 Å². The second kappa shape index (κ2) is 8.64. The van der Waals surface area contributed by atoms with Crippen LogP contribution in [0.2, 0.25) is 0 Å². The molecule has 0 aliphatic carbocycles. The summed E-state index contributed by atoms with van der Waals surface area (Å²) in [6.07, 6.45) is 0.299. The van der Waals surface area contributed by atoms with Crippen molar-refractivity contribution in [3.8, 4) is 17.3 Å². The molecule has 28 heavy (non-hydrogen) atoms. The van der Waals surface area contributed by atoms with Crippen LogP contribution in [0.3, 0.4) is 0 Å². The van der Waals surface area contributed by atoms with Gasteiger partial charge in [-0.1, -0.05) is 47.6 Å². The van der Waals surface area contributed by atoms with Crippen molar-refractivity contribution in [2.45, 2.75) is 13.3 Å². The Bertz CT molecular complexity index is 1020. The van der Waals surface area contributed by atoms with Crippen LogP contribution in [-0.4, -0.2) is 23.6 Å². The maximum atomic E-state index is 12.5. The van der Waals surface area contributed by atoms with Crippen molar-refractivity contribution in [3.63, 3.8) is 0 Å². The summed E-state index contributed by atoms with van der Waals surface area (Å²) in [6, 6.07) is 18.0. The molecule has 0 atom stereocenters. The van der Waals surface area contributed by atoms with E-state index in [1.54, 1.807) is 43.3 Å². The summed E-state index contributed by atoms with van der Waals surface area (Å²) in [5.74, 6) is -0.841. The molecule has 1 amide bonds. The maximum Gasteiger partial charge on any atom is 0.344 e. The third kappa shape index (κ3) is 4.43. The third-order valence-corrected chi connectivity index (χ3v) is 3.97. The topological polar surface area (TPSA) is 105 Å². The lowest BCUT2D eigenvalue weighted by molar-refractivity contribution is -0.119. The van der Waals surface area contributed by atoms with Gasteiger partial charge in [-0.05, 0) is 24.6 Å². The maximum absolute atomic E-state index is 12.5. The summed E-state index contributed by atoms with van der Waals surface area (Å²) in [7, 11) is 0. The van der Waals surface area contributed by atoms with E-state index in [4.69, 9.17) is 14.5 Å². The predicted molar refractivity (Wildman–Crippen MR) is 101 cm³/mol. The van der Waals surface area contributed by atoms with E-state index in [0.29, 0.717) is 29.1 Å². The van der Waals surface area contributed by atoms with Gasteiger partial charge in [-0.3, -0.25) is 4.79 Å². The van der Waals surface area contributed by atoms with Crippen molar-refractivity contribution in [3.05, 3.63) is 71.5 Å². The Hall–Kier alpha value is -3.92. The Kier molecular flexibility index (Phi) is 5.82. The highest BCUT2D eigenvalue weighted by molar-refractivity contribution is 5.99. The van der Waals surface area contributed by atoms with Gasteiger partial charge in [-0.25, -0.2) is 4.79 Å². The van der Waals surface area contributed by atoms with Gasteiger partial charge in [0.25, 0.3) is 5.91 Å². The minimum absolute atomic E-state index is 0.194. The van der Waals surface area contributed by atoms with Gasteiger partial charge in [-0.2, -0.15) is 5.26 Å². The summed E-state index contributed by atoms with van der Waals surface area (Å²) in [5.41, 5.74) is 2.68. The smallest absolute Gasteiger partial charge is 0.344 e. The van der Waals surface area contributed by atoms with Crippen molar-refractivity contribution in [1.29, 1.82) is 5.26 Å². The molecule has 0 radical (unpaired) electrons. The first-order chi connectivity index (χ1) is 13.6. The molecule has 3 rings (SSSR count). The second-order valence-corrected chi connectivity index (χ2v) is 5.98. The number of hydrogen-bond donors (Lipinski definition) is 1. The molecule has 0 bridgehead atoms. The number of benzene rings is 2. The molecule has 2 aromatic carbocycles. The van der Waals surface area contributed by atoms with E-state index < -0.39 is 18.5 Å². The molecular formula is C21H17N3O4. The lowest BCUT2D eigenvalue weighted by Gasteiger charge is -2.07.